The van der Waals surface area contributed by atoms with E-state index in [-0.39, 0.29) is 0 Å². The van der Waals surface area contributed by atoms with Crippen molar-refractivity contribution in [2.75, 3.05) is 18.0 Å². The molecule has 5 rings (SSSR count). The van der Waals surface area contributed by atoms with Crippen LogP contribution in [-0.2, 0) is 5.60 Å². The Morgan fingerprint density at radius 3 is 2.40 bits per heavy atom. The van der Waals surface area contributed by atoms with Gasteiger partial charge in [-0.2, -0.15) is 0 Å². The van der Waals surface area contributed by atoms with Crippen LogP contribution in [0.1, 0.15) is 18.4 Å². The van der Waals surface area contributed by atoms with E-state index >= 15 is 0 Å². The Kier molecular flexibility index (Phi) is 4.98. The Hall–Kier alpha value is -3.16. The summed E-state index contributed by atoms with van der Waals surface area (Å²) in [5.41, 5.74) is 2.87. The van der Waals surface area contributed by atoms with E-state index in [0.717, 1.165) is 27.3 Å². The molecule has 0 unspecified atom stereocenters. The molecule has 0 aromatic carbocycles. The van der Waals surface area contributed by atoms with Crippen molar-refractivity contribution in [3.8, 4) is 21.7 Å². The summed E-state index contributed by atoms with van der Waals surface area (Å²) in [6, 6.07) is 11.9. The predicted molar refractivity (Wildman–Crippen MR) is 118 cm³/mol. The largest absolute Gasteiger partial charge is 0.385 e. The second kappa shape index (κ2) is 7.93. The lowest BCUT2D eigenvalue weighted by molar-refractivity contribution is 0.0112. The number of rotatable bonds is 4. The monoisotopic (exact) mass is 415 g/mol. The maximum Gasteiger partial charge on any atom is 0.225 e. The van der Waals surface area contributed by atoms with Crippen LogP contribution in [0.5, 0.6) is 0 Å². The van der Waals surface area contributed by atoms with E-state index in [1.54, 1.807) is 29.9 Å². The lowest BCUT2D eigenvalue weighted by Gasteiger charge is -2.38. The van der Waals surface area contributed by atoms with Crippen LogP contribution in [0.25, 0.3) is 21.7 Å². The van der Waals surface area contributed by atoms with E-state index in [9.17, 15) is 5.11 Å². The van der Waals surface area contributed by atoms with Crippen molar-refractivity contribution in [3.05, 3.63) is 78.3 Å². The number of pyridine rings is 2. The van der Waals surface area contributed by atoms with Gasteiger partial charge in [0.25, 0.3) is 0 Å². The Bertz CT molecular complexity index is 1110. The molecule has 7 heteroatoms. The normalized spacial score (nSPS) is 15.8. The van der Waals surface area contributed by atoms with Gasteiger partial charge in [0.2, 0.25) is 5.95 Å². The molecule has 1 fully saturated rings. The first kappa shape index (κ1) is 18.8. The maximum atomic E-state index is 11.1. The zero-order valence-corrected chi connectivity index (χ0v) is 17.2. The van der Waals surface area contributed by atoms with Gasteiger partial charge in [0, 0.05) is 65.6 Å². The predicted octanol–water partition coefficient (Wildman–Crippen LogP) is 4.15. The number of aliphatic hydroxyl groups is 1. The van der Waals surface area contributed by atoms with E-state index in [1.165, 1.54) is 0 Å². The summed E-state index contributed by atoms with van der Waals surface area (Å²) in [4.78, 5) is 21.3. The van der Waals surface area contributed by atoms with Crippen LogP contribution >= 0.6 is 11.3 Å². The maximum absolute atomic E-state index is 11.1. The number of hydrogen-bond donors (Lipinski definition) is 1. The molecule has 0 amide bonds. The van der Waals surface area contributed by atoms with Gasteiger partial charge in [0.05, 0.1) is 11.3 Å². The molecule has 5 heterocycles. The first-order chi connectivity index (χ1) is 14.7. The molecule has 1 aliphatic heterocycles. The molecule has 4 aromatic heterocycles. The van der Waals surface area contributed by atoms with Crippen molar-refractivity contribution in [3.63, 3.8) is 0 Å². The van der Waals surface area contributed by atoms with Gasteiger partial charge in [-0.1, -0.05) is 12.1 Å². The third kappa shape index (κ3) is 3.58. The van der Waals surface area contributed by atoms with Crippen LogP contribution in [0.2, 0.25) is 0 Å². The van der Waals surface area contributed by atoms with Crippen molar-refractivity contribution in [2.45, 2.75) is 18.4 Å². The van der Waals surface area contributed by atoms with Crippen LogP contribution in [0.3, 0.4) is 0 Å². The lowest BCUT2D eigenvalue weighted by Crippen LogP contribution is -2.43. The quantitative estimate of drug-likeness (QED) is 0.540. The van der Waals surface area contributed by atoms with Gasteiger partial charge in [0.15, 0.2) is 0 Å². The summed E-state index contributed by atoms with van der Waals surface area (Å²) in [6.45, 7) is 1.35. The minimum atomic E-state index is -0.853. The fourth-order valence-electron chi connectivity index (χ4n) is 3.86. The summed E-state index contributed by atoms with van der Waals surface area (Å²) in [7, 11) is 0. The first-order valence-corrected chi connectivity index (χ1v) is 10.8. The van der Waals surface area contributed by atoms with Gasteiger partial charge >= 0.3 is 0 Å². The molecular formula is C23H21N5OS. The summed E-state index contributed by atoms with van der Waals surface area (Å²) in [6.07, 6.45) is 10.2. The Labute approximate surface area is 178 Å². The van der Waals surface area contributed by atoms with Gasteiger partial charge < -0.3 is 10.0 Å². The highest BCUT2D eigenvalue weighted by Gasteiger charge is 2.35. The molecule has 0 aliphatic carbocycles. The molecule has 0 spiro atoms. The van der Waals surface area contributed by atoms with Crippen molar-refractivity contribution < 1.29 is 5.11 Å². The molecular weight excluding hydrogens is 394 g/mol. The van der Waals surface area contributed by atoms with Crippen molar-refractivity contribution >= 4 is 17.3 Å². The average Bonchev–Trinajstić information content (AvgIpc) is 3.35. The van der Waals surface area contributed by atoms with Gasteiger partial charge in [0.1, 0.15) is 0 Å². The first-order valence-electron chi connectivity index (χ1n) is 9.92. The summed E-state index contributed by atoms with van der Waals surface area (Å²) < 4.78 is 0. The Balaban J connectivity index is 1.45. The van der Waals surface area contributed by atoms with E-state index in [4.69, 9.17) is 4.98 Å². The van der Waals surface area contributed by atoms with Gasteiger partial charge in [-0.25, -0.2) is 9.97 Å². The molecule has 30 heavy (non-hydrogen) atoms. The highest BCUT2D eigenvalue weighted by Crippen LogP contribution is 2.36. The van der Waals surface area contributed by atoms with Gasteiger partial charge in [-0.05, 0) is 42.5 Å². The zero-order chi connectivity index (χ0) is 20.4. The number of aromatic nitrogens is 4. The third-order valence-electron chi connectivity index (χ3n) is 5.57. The van der Waals surface area contributed by atoms with Crippen LogP contribution in [0, 0.1) is 0 Å². The summed E-state index contributed by atoms with van der Waals surface area (Å²) >= 11 is 1.67. The molecule has 150 valence electrons. The lowest BCUT2D eigenvalue weighted by atomic mass is 9.85. The highest BCUT2D eigenvalue weighted by atomic mass is 32.1. The number of thiophene rings is 1. The van der Waals surface area contributed by atoms with E-state index in [1.807, 2.05) is 42.7 Å². The van der Waals surface area contributed by atoms with E-state index in [0.29, 0.717) is 31.9 Å². The van der Waals surface area contributed by atoms with Crippen LogP contribution in [0.15, 0.2) is 72.8 Å². The van der Waals surface area contributed by atoms with Gasteiger partial charge in [-0.15, -0.1) is 11.3 Å². The Morgan fingerprint density at radius 1 is 0.933 bits per heavy atom. The molecule has 1 saturated heterocycles. The minimum absolute atomic E-state index is 0.608. The number of piperidine rings is 1. The zero-order valence-electron chi connectivity index (χ0n) is 16.3. The second-order valence-corrected chi connectivity index (χ2v) is 8.36. The van der Waals surface area contributed by atoms with Crippen LogP contribution < -0.4 is 4.90 Å². The number of hydrogen-bond acceptors (Lipinski definition) is 7. The molecule has 0 atom stereocenters. The summed E-state index contributed by atoms with van der Waals surface area (Å²) in [5, 5.41) is 13.2. The second-order valence-electron chi connectivity index (χ2n) is 7.41. The van der Waals surface area contributed by atoms with Gasteiger partial charge in [-0.3, -0.25) is 9.97 Å². The molecule has 4 aromatic rings. The number of anilines is 1. The third-order valence-corrected chi connectivity index (χ3v) is 6.47. The summed E-state index contributed by atoms with van der Waals surface area (Å²) in [5.74, 6) is 0.683. The number of nitrogens with zero attached hydrogens (tertiary/aromatic N) is 5. The topological polar surface area (TPSA) is 75.0 Å². The van der Waals surface area contributed by atoms with Crippen molar-refractivity contribution in [1.29, 1.82) is 0 Å². The average molecular weight is 416 g/mol. The standard InChI is InChI=1S/C23H21N5OS/c29-23(18-5-2-10-25-15-18)7-11-28(12-8-23)22-26-16-19(20-6-3-13-30-20)21(27-22)17-4-1-9-24-14-17/h1-6,9-10,13-16,29H,7-8,11-12H2. The Morgan fingerprint density at radius 2 is 1.73 bits per heavy atom. The SMILES string of the molecule is OC1(c2cccnc2)CCN(c2ncc(-c3cccs3)c(-c3cccnc3)n2)CC1. The molecule has 0 radical (unpaired) electrons. The molecule has 1 N–H and O–H groups in total. The molecule has 0 saturated carbocycles. The fourth-order valence-corrected chi connectivity index (χ4v) is 4.60. The molecule has 6 nitrogen and oxygen atoms in total. The molecule has 0 bridgehead atoms. The van der Waals surface area contributed by atoms with Crippen LogP contribution in [-0.4, -0.2) is 38.1 Å². The smallest absolute Gasteiger partial charge is 0.225 e. The minimum Gasteiger partial charge on any atom is -0.385 e. The van der Waals surface area contributed by atoms with E-state index < -0.39 is 5.60 Å². The highest BCUT2D eigenvalue weighted by molar-refractivity contribution is 7.13. The van der Waals surface area contributed by atoms with E-state index in [2.05, 4.69) is 31.3 Å². The van der Waals surface area contributed by atoms with Crippen LogP contribution in [0.4, 0.5) is 5.95 Å². The van der Waals surface area contributed by atoms with Crippen molar-refractivity contribution in [1.82, 2.24) is 19.9 Å². The fraction of sp³-hybridized carbons (Fsp3) is 0.217. The van der Waals surface area contributed by atoms with Crippen molar-refractivity contribution in [2.24, 2.45) is 0 Å². The molecule has 1 aliphatic rings.